The van der Waals surface area contributed by atoms with E-state index in [2.05, 4.69) is 19.6 Å². The molecule has 2 heteroatoms. The van der Waals surface area contributed by atoms with E-state index in [0.717, 1.165) is 18.9 Å². The van der Waals surface area contributed by atoms with Crippen LogP contribution in [0, 0.1) is 5.92 Å². The molecule has 0 spiro atoms. The van der Waals surface area contributed by atoms with Crippen molar-refractivity contribution in [2.45, 2.75) is 20.3 Å². The molecule has 0 aliphatic rings. The smallest absolute Gasteiger partial charge is 0.118 e. The topological polar surface area (TPSA) is 26.0 Å². The van der Waals surface area contributed by atoms with Crippen LogP contribution in [-0.4, -0.2) is 6.54 Å². The van der Waals surface area contributed by atoms with Gasteiger partial charge in [-0.1, -0.05) is 13.8 Å². The first kappa shape index (κ1) is 7.25. The van der Waals surface area contributed by atoms with Gasteiger partial charge in [0.2, 0.25) is 0 Å². The molecule has 0 saturated carbocycles. The Hall–Kier alpha value is 0.250. The quantitative estimate of drug-likeness (QED) is 0.605. The summed E-state index contributed by atoms with van der Waals surface area (Å²) in [6.07, 6.45) is 1.10. The number of rotatable bonds is 3. The maximum absolute atomic E-state index is 6.55. The lowest BCUT2D eigenvalue weighted by molar-refractivity contribution is 0.596. The maximum atomic E-state index is 6.55. The molecule has 0 aromatic heterocycles. The lowest BCUT2D eigenvalue weighted by atomic mass is 10.1. The third-order valence-electron chi connectivity index (χ3n) is 0.722. The number of hydrogen-bond acceptors (Lipinski definition) is 1. The highest BCUT2D eigenvalue weighted by Gasteiger charge is 1.85. The molecule has 0 saturated heterocycles. The molecule has 0 heterocycles. The van der Waals surface area contributed by atoms with E-state index in [4.69, 9.17) is 1.41 Å². The first-order chi connectivity index (χ1) is 3.27. The van der Waals surface area contributed by atoms with Crippen molar-refractivity contribution >= 4 is 12.4 Å². The Bertz CT molecular complexity index is 41.4. The normalized spacial score (nSPS) is 10.4. The zero-order valence-electron chi connectivity index (χ0n) is 5.90. The molecule has 0 fully saturated rings. The summed E-state index contributed by atoms with van der Waals surface area (Å²) >= 11 is 0. The van der Waals surface area contributed by atoms with E-state index in [9.17, 15) is 0 Å². The molecule has 0 radical (unpaired) electrons. The standard InChI is InChI=1S/C5H13N.ClH/c1-5(2)3-4-6;/h5H,3-4,6H2,1-2H3;1H/i/hD. The molecule has 0 unspecified atom stereocenters. The molecule has 0 aromatic rings. The maximum Gasteiger partial charge on any atom is 0.118 e. The molecule has 0 aliphatic heterocycles. The SMILES string of the molecule is Cl.[2H]NCCC(C)C. The summed E-state index contributed by atoms with van der Waals surface area (Å²) in [7, 11) is 0. The van der Waals surface area contributed by atoms with Gasteiger partial charge >= 0.3 is 0 Å². The summed E-state index contributed by atoms with van der Waals surface area (Å²) in [5.74, 6) is 0.720. The summed E-state index contributed by atoms with van der Waals surface area (Å²) in [5, 5.41) is 0. The zero-order valence-corrected chi connectivity index (χ0v) is 5.72. The highest BCUT2D eigenvalue weighted by Crippen LogP contribution is 1.93. The van der Waals surface area contributed by atoms with Crippen molar-refractivity contribution in [1.29, 1.82) is 0 Å². The second kappa shape index (κ2) is 6.25. The minimum atomic E-state index is 0. The second-order valence-corrected chi connectivity index (χ2v) is 1.93. The molecule has 0 aromatic carbocycles. The largest absolute Gasteiger partial charge is 0.330 e. The Kier molecular flexibility index (Phi) is 6.47. The van der Waals surface area contributed by atoms with Crippen molar-refractivity contribution in [3.8, 4) is 0 Å². The highest BCUT2D eigenvalue weighted by atomic mass is 35.5. The van der Waals surface area contributed by atoms with E-state index >= 15 is 0 Å². The van der Waals surface area contributed by atoms with Gasteiger partial charge in [-0.25, -0.2) is 0 Å². The van der Waals surface area contributed by atoms with E-state index in [1.165, 1.54) is 0 Å². The monoisotopic (exact) mass is 124 g/mol. The fourth-order valence-electron chi connectivity index (χ4n) is 0.289. The van der Waals surface area contributed by atoms with Crippen molar-refractivity contribution in [1.82, 2.24) is 0 Å². The molecule has 7 heavy (non-hydrogen) atoms. The number of nitrogens with two attached hydrogens (primary N) is 1. The van der Waals surface area contributed by atoms with Gasteiger partial charge in [0.05, 0.1) is 0 Å². The molecule has 1 nitrogen and oxygen atoms in total. The lowest BCUT2D eigenvalue weighted by Gasteiger charge is -1.96. The van der Waals surface area contributed by atoms with Gasteiger partial charge in [0.15, 0.2) is 0 Å². The lowest BCUT2D eigenvalue weighted by Crippen LogP contribution is -2.01. The Labute approximate surface area is 53.2 Å². The van der Waals surface area contributed by atoms with E-state index < -0.39 is 0 Å². The molecule has 0 bridgehead atoms. The van der Waals surface area contributed by atoms with Gasteiger partial charge in [0.25, 0.3) is 0 Å². The molecule has 0 rings (SSSR count). The first-order valence-electron chi connectivity index (χ1n) is 2.92. The van der Waals surface area contributed by atoms with E-state index in [0.29, 0.717) is 0 Å². The van der Waals surface area contributed by atoms with Crippen LogP contribution in [-0.2, 0) is 0 Å². The molecular weight excluding hydrogens is 110 g/mol. The van der Waals surface area contributed by atoms with E-state index in [1.807, 2.05) is 0 Å². The van der Waals surface area contributed by atoms with Crippen LogP contribution in [0.3, 0.4) is 0 Å². The van der Waals surface area contributed by atoms with Gasteiger partial charge in [0.1, 0.15) is 1.41 Å². The average Bonchev–Trinajstić information content (AvgIpc) is 1.61. The van der Waals surface area contributed by atoms with Gasteiger partial charge in [-0.2, -0.15) is 0 Å². The molecule has 0 aliphatic carbocycles. The zero-order chi connectivity index (χ0) is 5.70. The second-order valence-electron chi connectivity index (χ2n) is 1.93. The van der Waals surface area contributed by atoms with Crippen LogP contribution in [0.5, 0.6) is 0 Å². The average molecular weight is 125 g/mol. The van der Waals surface area contributed by atoms with Crippen LogP contribution in [0.4, 0.5) is 0 Å². The van der Waals surface area contributed by atoms with Crippen molar-refractivity contribution in [3.05, 3.63) is 0 Å². The summed E-state index contributed by atoms with van der Waals surface area (Å²) in [6, 6.07) is 0. The van der Waals surface area contributed by atoms with Gasteiger partial charge < -0.3 is 5.73 Å². The summed E-state index contributed by atoms with van der Waals surface area (Å²) in [6.45, 7) is 5.12. The predicted molar refractivity (Wildman–Crippen MR) is 35.8 cm³/mol. The third kappa shape index (κ3) is 10.7. The van der Waals surface area contributed by atoms with Crippen LogP contribution in [0.2, 0.25) is 1.41 Å². The van der Waals surface area contributed by atoms with Crippen molar-refractivity contribution < 1.29 is 1.41 Å². The predicted octanol–water partition coefficient (Wildman–Crippen LogP) is 1.41. The summed E-state index contributed by atoms with van der Waals surface area (Å²) in [4.78, 5) is 0. The Balaban J connectivity index is 0. The van der Waals surface area contributed by atoms with Crippen LogP contribution in [0.25, 0.3) is 0 Å². The first-order valence-corrected chi connectivity index (χ1v) is 2.42. The molecular formula is C5H14ClN. The van der Waals surface area contributed by atoms with Crippen LogP contribution in [0.1, 0.15) is 20.3 Å². The molecule has 0 atom stereocenters. The molecule has 0 amide bonds. The molecule has 46 valence electrons. The van der Waals surface area contributed by atoms with Gasteiger partial charge in [0, 0.05) is 0 Å². The Morgan fingerprint density at radius 2 is 2.29 bits per heavy atom. The fourth-order valence-corrected chi connectivity index (χ4v) is 0.289. The minimum absolute atomic E-state index is 0. The van der Waals surface area contributed by atoms with Crippen LogP contribution >= 0.6 is 12.4 Å². The van der Waals surface area contributed by atoms with Crippen molar-refractivity contribution in [3.63, 3.8) is 0 Å². The van der Waals surface area contributed by atoms with Crippen molar-refractivity contribution in [2.24, 2.45) is 11.6 Å². The highest BCUT2D eigenvalue weighted by molar-refractivity contribution is 5.85. The van der Waals surface area contributed by atoms with Crippen molar-refractivity contribution in [2.75, 3.05) is 6.54 Å². The molecule has 2 N–H and O–H groups in total. The van der Waals surface area contributed by atoms with E-state index in [1.54, 1.807) is 0 Å². The van der Waals surface area contributed by atoms with Crippen LogP contribution in [0.15, 0.2) is 0 Å². The van der Waals surface area contributed by atoms with Crippen LogP contribution < -0.4 is 5.73 Å². The van der Waals surface area contributed by atoms with Gasteiger partial charge in [-0.3, -0.25) is 0 Å². The number of hydrogen-bond donors (Lipinski definition) is 1. The van der Waals surface area contributed by atoms with Gasteiger partial charge in [-0.15, -0.1) is 12.4 Å². The van der Waals surface area contributed by atoms with E-state index in [-0.39, 0.29) is 12.4 Å². The third-order valence-corrected chi connectivity index (χ3v) is 0.722. The Morgan fingerprint density at radius 1 is 1.71 bits per heavy atom. The fraction of sp³-hybridized carbons (Fsp3) is 1.00. The Morgan fingerprint density at radius 3 is 2.43 bits per heavy atom. The number of halogens is 1. The van der Waals surface area contributed by atoms with Gasteiger partial charge in [-0.05, 0) is 18.9 Å². The minimum Gasteiger partial charge on any atom is -0.330 e. The summed E-state index contributed by atoms with van der Waals surface area (Å²) < 4.78 is 6.55. The summed E-state index contributed by atoms with van der Waals surface area (Å²) in [5.41, 5.74) is 2.35.